The molecule has 5 fully saturated rings. The summed E-state index contributed by atoms with van der Waals surface area (Å²) in [5.41, 5.74) is 39.3. The Balaban J connectivity index is 0.000000115. The van der Waals surface area contributed by atoms with Crippen molar-refractivity contribution >= 4 is 43.1 Å². The molecule has 4 aromatic heterocycles. The molecule has 634 valence electrons. The summed E-state index contributed by atoms with van der Waals surface area (Å²) >= 11 is 0. The molecule has 12 aromatic carbocycles. The van der Waals surface area contributed by atoms with E-state index in [9.17, 15) is 0 Å². The Morgan fingerprint density at radius 1 is 0.230 bits per heavy atom. The van der Waals surface area contributed by atoms with Crippen LogP contribution in [-0.4, -0.2) is 0 Å². The molecule has 5 aliphatic rings. The molecular formula is C122H130N4+4. The maximum Gasteiger partial charge on any atom is 0.220 e. The van der Waals surface area contributed by atoms with Crippen molar-refractivity contribution in [3.05, 3.63) is 358 Å². The third-order valence-electron chi connectivity index (χ3n) is 30.1. The number of fused-ring (bicyclic) bond motifs is 4. The van der Waals surface area contributed by atoms with Gasteiger partial charge in [-0.1, -0.05) is 253 Å². The molecule has 0 saturated heterocycles. The standard InChI is InChI=1S/C33H36N.2C30H32N.C29H30N/c1-23-31(26-14-8-9-15-26)21-29(25-12-6-7-13-25)22-32(23)33-30-17-16-27(24-10-4-3-5-11-24)20-28(30)18-19-34(33)2;1-20-16-26(24-12-8-9-13-24)19-29(22(20)3)30-28-15-14-25(23-10-6-5-7-11-23)18-27(28)17-21(2)31(30)4;1-21-14-15-26(24-12-8-5-9-13-24)20-29(21)30-28-17-16-25(23-10-6-4-7-11-23)19-27(28)18-22(2)31(30)3;1-20-13-14-25(23-11-7-8-12-23)19-28(20)29-27-16-15-24(22-9-5-4-6-10-22)18-26(27)17-21(2)30(29)3/h3-5,10-11,16-22,25-26H,6-9,12-15H2,1-2H3;5-7,10-11,14-19,24H,8-9,12-13H2,1-4H3;4,6-7,10-11,14-20,24H,5,8-9,12-13H2,1-3H3;4-6,9-10,13-19,23H,7-8,11-12H2,1-3H3/q4*+1/i19D;;;. The molecule has 4 heteroatoms. The summed E-state index contributed by atoms with van der Waals surface area (Å²) in [5.74, 6) is 3.56. The monoisotopic (exact) mass is 1650 g/mol. The van der Waals surface area contributed by atoms with E-state index < -0.39 is 0 Å². The Morgan fingerprint density at radius 2 is 0.532 bits per heavy atom. The Kier molecular flexibility index (Phi) is 25.2. The van der Waals surface area contributed by atoms with Crippen LogP contribution in [0.1, 0.15) is 239 Å². The molecule has 5 aliphatic carbocycles. The van der Waals surface area contributed by atoms with Crippen molar-refractivity contribution in [1.82, 2.24) is 0 Å². The van der Waals surface area contributed by atoms with E-state index in [1.165, 1.54) is 329 Å². The van der Waals surface area contributed by atoms with Gasteiger partial charge in [-0.05, 0) is 323 Å². The van der Waals surface area contributed by atoms with E-state index in [-0.39, 0.29) is 0 Å². The smallest absolute Gasteiger partial charge is 0.200 e. The van der Waals surface area contributed by atoms with Crippen LogP contribution < -0.4 is 18.3 Å². The van der Waals surface area contributed by atoms with Crippen LogP contribution in [0.5, 0.6) is 0 Å². The third-order valence-corrected chi connectivity index (χ3v) is 30.1. The SMILES string of the molecule is Cc1cc(C2CCCC2)cc(-c2c3ccc(-c4ccccc4)cc3cc(C)[n+]2C)c1C.Cc1ccc(C2CCCC2)cc1-c1c2ccc(-c3ccccc3)cc2cc(C)[n+]1C.Cc1ccc(C2CCCCC2)cc1-c1c2ccc(-c3ccccc3)cc2cc(C)[n+]1C.[2H]c1cc2cc(-c3ccccc3)ccc2c(-c2cc(C3CCCC3)cc(C3CCCC3)c2C)[n+]1C. The number of aromatic nitrogens is 4. The van der Waals surface area contributed by atoms with E-state index in [0.717, 1.165) is 23.1 Å². The maximum atomic E-state index is 8.84. The van der Waals surface area contributed by atoms with Crippen molar-refractivity contribution in [2.45, 2.75) is 220 Å². The lowest BCUT2D eigenvalue weighted by atomic mass is 9.82. The molecular weight excluding hydrogens is 1520 g/mol. The number of hydrogen-bond donors (Lipinski definition) is 0. The van der Waals surface area contributed by atoms with E-state index in [1.54, 1.807) is 5.56 Å². The van der Waals surface area contributed by atoms with Crippen molar-refractivity contribution in [1.29, 1.82) is 0 Å². The Hall–Kier alpha value is -11.7. The number of pyridine rings is 4. The topological polar surface area (TPSA) is 15.5 Å². The first kappa shape index (κ1) is 83.8. The zero-order valence-corrected chi connectivity index (χ0v) is 77.1. The van der Waals surface area contributed by atoms with Crippen molar-refractivity contribution in [3.8, 4) is 89.5 Å². The lowest BCUT2D eigenvalue weighted by Gasteiger charge is -2.23. The third kappa shape index (κ3) is 17.8. The zero-order chi connectivity index (χ0) is 87.5. The van der Waals surface area contributed by atoms with Gasteiger partial charge in [0.25, 0.3) is 0 Å². The van der Waals surface area contributed by atoms with Crippen LogP contribution in [0, 0.1) is 55.4 Å². The summed E-state index contributed by atoms with van der Waals surface area (Å²) in [4.78, 5) is 0. The van der Waals surface area contributed by atoms with Crippen LogP contribution in [0.4, 0.5) is 0 Å². The summed E-state index contributed by atoms with van der Waals surface area (Å²) in [7, 11) is 8.70. The number of aryl methyl sites for hydroxylation is 6. The lowest BCUT2D eigenvalue weighted by Crippen LogP contribution is -2.35. The Bertz CT molecular complexity index is 6710. The van der Waals surface area contributed by atoms with Crippen molar-refractivity contribution < 1.29 is 19.6 Å². The van der Waals surface area contributed by atoms with Crippen molar-refractivity contribution in [2.75, 3.05) is 0 Å². The van der Waals surface area contributed by atoms with Crippen LogP contribution in [0.3, 0.4) is 0 Å². The fourth-order valence-electron chi connectivity index (χ4n) is 22.4. The minimum atomic E-state index is 0.561. The first-order valence-corrected chi connectivity index (χ1v) is 47.8. The van der Waals surface area contributed by atoms with Crippen LogP contribution in [0.15, 0.2) is 285 Å². The van der Waals surface area contributed by atoms with Gasteiger partial charge in [-0.25, -0.2) is 4.57 Å². The van der Waals surface area contributed by atoms with Gasteiger partial charge in [0, 0.05) is 56.2 Å². The van der Waals surface area contributed by atoms with Gasteiger partial charge < -0.3 is 0 Å². The maximum absolute atomic E-state index is 8.84. The molecule has 0 aliphatic heterocycles. The first-order chi connectivity index (χ1) is 61.9. The second-order valence-corrected chi connectivity index (χ2v) is 38.1. The molecule has 21 rings (SSSR count). The van der Waals surface area contributed by atoms with Gasteiger partial charge in [0.15, 0.2) is 23.3 Å². The Labute approximate surface area is 753 Å². The van der Waals surface area contributed by atoms with Gasteiger partial charge in [-0.2, -0.15) is 13.7 Å². The molecule has 126 heavy (non-hydrogen) atoms. The fourth-order valence-corrected chi connectivity index (χ4v) is 22.4. The molecule has 4 heterocycles. The Morgan fingerprint density at radius 3 is 0.905 bits per heavy atom. The largest absolute Gasteiger partial charge is 0.220 e. The predicted molar refractivity (Wildman–Crippen MR) is 533 cm³/mol. The highest BCUT2D eigenvalue weighted by atomic mass is 15.0. The number of benzene rings is 12. The lowest BCUT2D eigenvalue weighted by molar-refractivity contribution is -0.665. The summed E-state index contributed by atoms with van der Waals surface area (Å²) in [6.07, 6.45) is 28.9. The first-order valence-electron chi connectivity index (χ1n) is 48.3. The number of rotatable bonds is 13. The molecule has 4 nitrogen and oxygen atoms in total. The second kappa shape index (κ2) is 37.8. The molecule has 5 saturated carbocycles. The molecule has 0 bridgehead atoms. The fraction of sp³-hybridized carbons (Fsp3) is 0.311. The highest BCUT2D eigenvalue weighted by Crippen LogP contribution is 2.47. The average molecular weight is 1650 g/mol. The quantitative estimate of drug-likeness (QED) is 0.102. The highest BCUT2D eigenvalue weighted by molar-refractivity contribution is 6.00. The molecule has 0 spiro atoms. The van der Waals surface area contributed by atoms with Crippen molar-refractivity contribution in [2.24, 2.45) is 28.2 Å². The second-order valence-electron chi connectivity index (χ2n) is 38.1. The molecule has 0 atom stereocenters. The zero-order valence-electron chi connectivity index (χ0n) is 78.1. The summed E-state index contributed by atoms with van der Waals surface area (Å²) in [6, 6.07) is 104. The van der Waals surface area contributed by atoms with Gasteiger partial charge in [0.1, 0.15) is 29.6 Å². The summed E-state index contributed by atoms with van der Waals surface area (Å²) in [5, 5.41) is 10.3. The normalized spacial score (nSPS) is 15.4. The van der Waals surface area contributed by atoms with Crippen LogP contribution >= 0.6 is 0 Å². The molecule has 16 aromatic rings. The van der Waals surface area contributed by atoms with E-state index in [4.69, 9.17) is 1.37 Å². The van der Waals surface area contributed by atoms with E-state index in [2.05, 4.69) is 375 Å². The van der Waals surface area contributed by atoms with Gasteiger partial charge in [-0.3, -0.25) is 0 Å². The number of nitrogens with zero attached hydrogens (tertiary/aromatic N) is 4. The van der Waals surface area contributed by atoms with Crippen LogP contribution in [-0.2, 0) is 28.2 Å². The van der Waals surface area contributed by atoms with Crippen molar-refractivity contribution in [3.63, 3.8) is 0 Å². The number of hydrogen-bond acceptors (Lipinski definition) is 0. The van der Waals surface area contributed by atoms with Gasteiger partial charge in [0.05, 0.1) is 32.7 Å². The highest BCUT2D eigenvalue weighted by Gasteiger charge is 2.32. The summed E-state index contributed by atoms with van der Waals surface area (Å²) in [6.45, 7) is 18.1. The predicted octanol–water partition coefficient (Wildman–Crippen LogP) is 31.1. The minimum absolute atomic E-state index is 0.561. The van der Waals surface area contributed by atoms with E-state index >= 15 is 0 Å². The van der Waals surface area contributed by atoms with Gasteiger partial charge in [-0.15, -0.1) is 0 Å². The molecule has 0 unspecified atom stereocenters. The van der Waals surface area contributed by atoms with E-state index in [0.29, 0.717) is 18.0 Å². The van der Waals surface area contributed by atoms with Gasteiger partial charge in [0.2, 0.25) is 22.8 Å². The molecule has 0 N–H and O–H groups in total. The summed E-state index contributed by atoms with van der Waals surface area (Å²) < 4.78 is 18.1. The van der Waals surface area contributed by atoms with Crippen LogP contribution in [0.2, 0.25) is 0 Å². The molecule has 0 radical (unpaired) electrons. The van der Waals surface area contributed by atoms with E-state index in [1.807, 2.05) is 6.07 Å². The van der Waals surface area contributed by atoms with Crippen LogP contribution in [0.25, 0.3) is 133 Å². The van der Waals surface area contributed by atoms with Gasteiger partial charge >= 0.3 is 0 Å². The molecule has 0 amide bonds. The average Bonchev–Trinajstić information content (AvgIpc) is 1.28. The minimum Gasteiger partial charge on any atom is -0.200 e.